The lowest BCUT2D eigenvalue weighted by Crippen LogP contribution is -2.37. The highest BCUT2D eigenvalue weighted by Crippen LogP contribution is 2.11. The van der Waals surface area contributed by atoms with E-state index in [1.54, 1.807) is 0 Å². The maximum Gasteiger partial charge on any atom is 0.319 e. The number of anilines is 1. The number of likely N-dealkylation sites (N-methyl/N-ethyl adjacent to an activating group) is 1. The first-order chi connectivity index (χ1) is 11.8. The van der Waals surface area contributed by atoms with Crippen molar-refractivity contribution in [2.75, 3.05) is 39.0 Å². The van der Waals surface area contributed by atoms with Crippen LogP contribution in [-0.4, -0.2) is 61.5 Å². The predicted molar refractivity (Wildman–Crippen MR) is 103 cm³/mol. The Morgan fingerprint density at radius 3 is 2.20 bits per heavy atom. The molecule has 1 unspecified atom stereocenters. The molecule has 140 valence electrons. The summed E-state index contributed by atoms with van der Waals surface area (Å²) in [5.74, 6) is 0.123. The summed E-state index contributed by atoms with van der Waals surface area (Å²) >= 11 is 0. The molecule has 0 bridgehead atoms. The van der Waals surface area contributed by atoms with Crippen LogP contribution in [0.5, 0.6) is 0 Å². The van der Waals surface area contributed by atoms with Crippen molar-refractivity contribution in [3.8, 4) is 0 Å². The van der Waals surface area contributed by atoms with Gasteiger partial charge in [0.05, 0.1) is 6.42 Å². The fourth-order valence-corrected chi connectivity index (χ4v) is 2.48. The van der Waals surface area contributed by atoms with E-state index in [-0.39, 0.29) is 18.0 Å². The number of rotatable bonds is 9. The third kappa shape index (κ3) is 8.03. The van der Waals surface area contributed by atoms with Gasteiger partial charge in [-0.3, -0.25) is 4.79 Å². The molecule has 0 aliphatic carbocycles. The van der Waals surface area contributed by atoms with E-state index in [9.17, 15) is 9.59 Å². The second-order valence-corrected chi connectivity index (χ2v) is 6.53. The Labute approximate surface area is 151 Å². The smallest absolute Gasteiger partial charge is 0.319 e. The molecule has 3 amide bonds. The van der Waals surface area contributed by atoms with Crippen LogP contribution < -0.4 is 10.6 Å². The second-order valence-electron chi connectivity index (χ2n) is 6.53. The molecule has 1 aromatic rings. The van der Waals surface area contributed by atoms with Crippen molar-refractivity contribution in [1.29, 1.82) is 0 Å². The van der Waals surface area contributed by atoms with E-state index in [0.717, 1.165) is 37.3 Å². The maximum absolute atomic E-state index is 12.1. The molecule has 0 saturated carbocycles. The lowest BCUT2D eigenvalue weighted by molar-refractivity contribution is -0.130. The van der Waals surface area contributed by atoms with Gasteiger partial charge in [0.2, 0.25) is 5.91 Å². The zero-order valence-electron chi connectivity index (χ0n) is 16.1. The van der Waals surface area contributed by atoms with Gasteiger partial charge in [-0.05, 0) is 65.5 Å². The fourth-order valence-electron chi connectivity index (χ4n) is 2.48. The zero-order valence-corrected chi connectivity index (χ0v) is 16.1. The van der Waals surface area contributed by atoms with Gasteiger partial charge in [0.1, 0.15) is 0 Å². The van der Waals surface area contributed by atoms with Crippen LogP contribution in [0.2, 0.25) is 0 Å². The molecule has 0 fully saturated rings. The molecule has 0 aliphatic rings. The summed E-state index contributed by atoms with van der Waals surface area (Å²) in [5, 5.41) is 5.75. The lowest BCUT2D eigenvalue weighted by atomic mass is 10.1. The largest absolute Gasteiger partial charge is 0.343 e. The van der Waals surface area contributed by atoms with E-state index in [0.29, 0.717) is 6.42 Å². The van der Waals surface area contributed by atoms with Gasteiger partial charge in [0.15, 0.2) is 0 Å². The number of urea groups is 1. The van der Waals surface area contributed by atoms with E-state index in [1.807, 2.05) is 64.0 Å². The van der Waals surface area contributed by atoms with Crippen molar-refractivity contribution in [2.45, 2.75) is 39.7 Å². The van der Waals surface area contributed by atoms with Crippen LogP contribution in [0.25, 0.3) is 0 Å². The molecule has 0 radical (unpaired) electrons. The van der Waals surface area contributed by atoms with Crippen LogP contribution in [0, 0.1) is 0 Å². The minimum absolute atomic E-state index is 0.105. The third-order valence-corrected chi connectivity index (χ3v) is 4.07. The van der Waals surface area contributed by atoms with E-state index in [4.69, 9.17) is 0 Å². The predicted octanol–water partition coefficient (Wildman–Crippen LogP) is 2.56. The number of hydrogen-bond acceptors (Lipinski definition) is 3. The summed E-state index contributed by atoms with van der Waals surface area (Å²) in [5.41, 5.74) is 1.67. The molecule has 0 heterocycles. The number of carbonyl (C=O) groups is 2. The summed E-state index contributed by atoms with van der Waals surface area (Å²) in [4.78, 5) is 28.0. The molecular formula is C19H32N4O2. The van der Waals surface area contributed by atoms with Crippen molar-refractivity contribution < 1.29 is 9.59 Å². The van der Waals surface area contributed by atoms with Crippen molar-refractivity contribution in [2.24, 2.45) is 0 Å². The third-order valence-electron chi connectivity index (χ3n) is 4.07. The normalized spacial score (nSPS) is 11.9. The van der Waals surface area contributed by atoms with Crippen LogP contribution in [-0.2, 0) is 11.2 Å². The molecule has 1 rings (SSSR count). The zero-order chi connectivity index (χ0) is 18.8. The van der Waals surface area contributed by atoms with E-state index in [1.165, 1.54) is 0 Å². The topological polar surface area (TPSA) is 64.7 Å². The highest BCUT2D eigenvalue weighted by Gasteiger charge is 2.11. The summed E-state index contributed by atoms with van der Waals surface area (Å²) in [6.07, 6.45) is 1.28. The Balaban J connectivity index is 2.48. The number of carbonyl (C=O) groups excluding carboxylic acids is 2. The van der Waals surface area contributed by atoms with E-state index >= 15 is 0 Å². The number of nitrogens with one attached hydrogen (secondary N) is 2. The maximum atomic E-state index is 12.1. The molecule has 0 aliphatic heterocycles. The summed E-state index contributed by atoms with van der Waals surface area (Å²) in [6.45, 7) is 8.32. The van der Waals surface area contributed by atoms with Crippen LogP contribution >= 0.6 is 0 Å². The Hall–Kier alpha value is -2.08. The van der Waals surface area contributed by atoms with E-state index < -0.39 is 0 Å². The standard InChI is InChI=1S/C19H32N4O2/c1-6-23(7-2)18(24)14-16-8-10-17(11-9-16)21-19(25)20-15(3)12-13-22(4)5/h8-11,15H,6-7,12-14H2,1-5H3,(H2,20,21,25). The van der Waals surface area contributed by atoms with Crippen molar-refractivity contribution in [1.82, 2.24) is 15.1 Å². The van der Waals surface area contributed by atoms with Crippen LogP contribution in [0.4, 0.5) is 10.5 Å². The van der Waals surface area contributed by atoms with E-state index in [2.05, 4.69) is 15.5 Å². The Kier molecular flexibility index (Phi) is 8.99. The SMILES string of the molecule is CCN(CC)C(=O)Cc1ccc(NC(=O)NC(C)CCN(C)C)cc1. The van der Waals surface area contributed by atoms with Crippen LogP contribution in [0.15, 0.2) is 24.3 Å². The monoisotopic (exact) mass is 348 g/mol. The van der Waals surface area contributed by atoms with Gasteiger partial charge in [0.25, 0.3) is 0 Å². The lowest BCUT2D eigenvalue weighted by Gasteiger charge is -2.19. The van der Waals surface area contributed by atoms with Gasteiger partial charge in [-0.15, -0.1) is 0 Å². The molecule has 6 nitrogen and oxygen atoms in total. The van der Waals surface area contributed by atoms with Gasteiger partial charge in [-0.2, -0.15) is 0 Å². The minimum atomic E-state index is -0.210. The van der Waals surface area contributed by atoms with Crippen LogP contribution in [0.3, 0.4) is 0 Å². The molecule has 1 atom stereocenters. The minimum Gasteiger partial charge on any atom is -0.343 e. The first-order valence-corrected chi connectivity index (χ1v) is 8.94. The highest BCUT2D eigenvalue weighted by molar-refractivity contribution is 5.89. The summed E-state index contributed by atoms with van der Waals surface area (Å²) in [7, 11) is 4.03. The fraction of sp³-hybridized carbons (Fsp3) is 0.579. The average Bonchev–Trinajstić information content (AvgIpc) is 2.56. The average molecular weight is 348 g/mol. The number of amides is 3. The number of benzene rings is 1. The first-order valence-electron chi connectivity index (χ1n) is 8.94. The molecule has 0 saturated heterocycles. The van der Waals surface area contributed by atoms with Gasteiger partial charge < -0.3 is 20.4 Å². The van der Waals surface area contributed by atoms with Gasteiger partial charge in [0, 0.05) is 24.8 Å². The van der Waals surface area contributed by atoms with Gasteiger partial charge in [-0.1, -0.05) is 12.1 Å². The second kappa shape index (κ2) is 10.7. The van der Waals surface area contributed by atoms with Crippen molar-refractivity contribution in [3.05, 3.63) is 29.8 Å². The molecule has 1 aromatic carbocycles. The molecular weight excluding hydrogens is 316 g/mol. The molecule has 25 heavy (non-hydrogen) atoms. The molecule has 0 aromatic heterocycles. The molecule has 0 spiro atoms. The summed E-state index contributed by atoms with van der Waals surface area (Å²) in [6, 6.07) is 7.31. The summed E-state index contributed by atoms with van der Waals surface area (Å²) < 4.78 is 0. The Morgan fingerprint density at radius 1 is 1.08 bits per heavy atom. The quantitative estimate of drug-likeness (QED) is 0.721. The Morgan fingerprint density at radius 2 is 1.68 bits per heavy atom. The number of nitrogens with zero attached hydrogens (tertiary/aromatic N) is 2. The van der Waals surface area contributed by atoms with Crippen molar-refractivity contribution >= 4 is 17.6 Å². The first kappa shape index (κ1) is 21.0. The molecule has 2 N–H and O–H groups in total. The molecule has 6 heteroatoms. The number of hydrogen-bond donors (Lipinski definition) is 2. The Bertz CT molecular complexity index is 539. The van der Waals surface area contributed by atoms with Gasteiger partial charge >= 0.3 is 6.03 Å². The van der Waals surface area contributed by atoms with Gasteiger partial charge in [-0.25, -0.2) is 4.79 Å². The van der Waals surface area contributed by atoms with Crippen molar-refractivity contribution in [3.63, 3.8) is 0 Å². The van der Waals surface area contributed by atoms with Crippen LogP contribution in [0.1, 0.15) is 32.8 Å². The highest BCUT2D eigenvalue weighted by atomic mass is 16.2.